The fourth-order valence-electron chi connectivity index (χ4n) is 2.03. The van der Waals surface area contributed by atoms with E-state index in [1.807, 2.05) is 38.9 Å². The number of methoxy groups -OCH3 is 1. The van der Waals surface area contributed by atoms with Gasteiger partial charge in [-0.3, -0.25) is 0 Å². The Labute approximate surface area is 123 Å². The maximum Gasteiger partial charge on any atom is 0.239 e. The van der Waals surface area contributed by atoms with E-state index in [1.54, 1.807) is 24.6 Å². The van der Waals surface area contributed by atoms with E-state index >= 15 is 0 Å². The zero-order chi connectivity index (χ0) is 14.7. The van der Waals surface area contributed by atoms with Gasteiger partial charge in [-0.05, 0) is 19.9 Å². The summed E-state index contributed by atoms with van der Waals surface area (Å²) in [7, 11) is 5.64. The Bertz CT molecular complexity index is 595. The molecule has 0 aromatic carbocycles. The average Bonchev–Trinajstić information content (AvgIpc) is 2.74. The lowest BCUT2D eigenvalue weighted by Crippen LogP contribution is -2.13. The largest absolute Gasteiger partial charge is 0.479 e. The molecular formula is C14H20N4OS. The van der Waals surface area contributed by atoms with Gasteiger partial charge in [0.15, 0.2) is 0 Å². The molecule has 0 aliphatic rings. The highest BCUT2D eigenvalue weighted by atomic mass is 32.1. The van der Waals surface area contributed by atoms with Gasteiger partial charge in [0.05, 0.1) is 30.0 Å². The standard InChI is InChI=1S/C14H20N4OS/c1-9-12(20-10(2)17-9)8-16-13-11(18(3)4)6-7-15-14(13)19-5/h6-7,16H,8H2,1-5H3. The van der Waals surface area contributed by atoms with Crippen LogP contribution in [0.1, 0.15) is 15.6 Å². The molecule has 2 aromatic heterocycles. The molecule has 20 heavy (non-hydrogen) atoms. The predicted molar refractivity (Wildman–Crippen MR) is 84.0 cm³/mol. The predicted octanol–water partition coefficient (Wildman–Crippen LogP) is 2.84. The monoisotopic (exact) mass is 292 g/mol. The highest BCUT2D eigenvalue weighted by Gasteiger charge is 2.13. The molecular weight excluding hydrogens is 272 g/mol. The minimum absolute atomic E-state index is 0.607. The van der Waals surface area contributed by atoms with Gasteiger partial charge in [0, 0.05) is 25.2 Å². The molecule has 5 nitrogen and oxygen atoms in total. The van der Waals surface area contributed by atoms with E-state index in [4.69, 9.17) is 4.74 Å². The van der Waals surface area contributed by atoms with Crippen LogP contribution in [0.4, 0.5) is 11.4 Å². The number of anilines is 2. The van der Waals surface area contributed by atoms with E-state index in [2.05, 4.69) is 15.3 Å². The topological polar surface area (TPSA) is 50.3 Å². The van der Waals surface area contributed by atoms with Crippen molar-refractivity contribution in [2.24, 2.45) is 0 Å². The molecule has 0 fully saturated rings. The first kappa shape index (κ1) is 14.6. The third kappa shape index (κ3) is 3.01. The first-order valence-corrected chi connectivity index (χ1v) is 7.21. The number of rotatable bonds is 5. The van der Waals surface area contributed by atoms with Crippen LogP contribution in [0.5, 0.6) is 5.88 Å². The maximum atomic E-state index is 5.35. The van der Waals surface area contributed by atoms with Gasteiger partial charge in [-0.15, -0.1) is 11.3 Å². The minimum Gasteiger partial charge on any atom is -0.479 e. The van der Waals surface area contributed by atoms with E-state index in [-0.39, 0.29) is 0 Å². The van der Waals surface area contributed by atoms with Crippen LogP contribution in [0.25, 0.3) is 0 Å². The molecule has 0 aliphatic carbocycles. The van der Waals surface area contributed by atoms with E-state index in [0.29, 0.717) is 5.88 Å². The van der Waals surface area contributed by atoms with Crippen LogP contribution in [-0.2, 0) is 6.54 Å². The Morgan fingerprint density at radius 2 is 2.10 bits per heavy atom. The van der Waals surface area contributed by atoms with E-state index in [1.165, 1.54) is 4.88 Å². The molecule has 0 atom stereocenters. The number of nitrogens with zero attached hydrogens (tertiary/aromatic N) is 3. The summed E-state index contributed by atoms with van der Waals surface area (Å²) in [5.41, 5.74) is 3.04. The zero-order valence-electron chi connectivity index (χ0n) is 12.5. The van der Waals surface area contributed by atoms with Crippen molar-refractivity contribution < 1.29 is 4.74 Å². The zero-order valence-corrected chi connectivity index (χ0v) is 13.3. The summed E-state index contributed by atoms with van der Waals surface area (Å²) in [6, 6.07) is 1.97. The van der Waals surface area contributed by atoms with Crippen LogP contribution in [0.3, 0.4) is 0 Å². The molecule has 108 valence electrons. The summed E-state index contributed by atoms with van der Waals surface area (Å²) in [6.45, 7) is 4.78. The van der Waals surface area contributed by atoms with Crippen molar-refractivity contribution in [3.05, 3.63) is 27.8 Å². The number of aromatic nitrogens is 2. The molecule has 0 radical (unpaired) electrons. The molecule has 0 unspecified atom stereocenters. The second kappa shape index (κ2) is 6.09. The van der Waals surface area contributed by atoms with Gasteiger partial charge in [0.2, 0.25) is 5.88 Å². The van der Waals surface area contributed by atoms with Crippen molar-refractivity contribution in [3.8, 4) is 5.88 Å². The van der Waals surface area contributed by atoms with Gasteiger partial charge in [-0.2, -0.15) is 0 Å². The molecule has 0 saturated carbocycles. The minimum atomic E-state index is 0.607. The molecule has 2 aromatic rings. The van der Waals surface area contributed by atoms with Crippen molar-refractivity contribution in [1.29, 1.82) is 0 Å². The molecule has 6 heteroatoms. The number of aryl methyl sites for hydroxylation is 2. The lowest BCUT2D eigenvalue weighted by molar-refractivity contribution is 0.400. The molecule has 0 aliphatic heterocycles. The number of hydrogen-bond acceptors (Lipinski definition) is 6. The van der Waals surface area contributed by atoms with Crippen LogP contribution < -0.4 is 15.0 Å². The Morgan fingerprint density at radius 3 is 2.65 bits per heavy atom. The lowest BCUT2D eigenvalue weighted by Gasteiger charge is -2.19. The van der Waals surface area contributed by atoms with Crippen molar-refractivity contribution in [2.75, 3.05) is 31.4 Å². The van der Waals surface area contributed by atoms with Crippen LogP contribution in [-0.4, -0.2) is 31.2 Å². The molecule has 2 heterocycles. The molecule has 1 N–H and O–H groups in total. The molecule has 0 bridgehead atoms. The third-order valence-corrected chi connectivity index (χ3v) is 4.07. The average molecular weight is 292 g/mol. The van der Waals surface area contributed by atoms with Crippen LogP contribution in [0, 0.1) is 13.8 Å². The van der Waals surface area contributed by atoms with E-state index in [9.17, 15) is 0 Å². The number of thiazole rings is 1. The Kier molecular flexibility index (Phi) is 4.44. The molecule has 0 amide bonds. The smallest absolute Gasteiger partial charge is 0.239 e. The van der Waals surface area contributed by atoms with Gasteiger partial charge < -0.3 is 15.0 Å². The Balaban J connectivity index is 2.26. The quantitative estimate of drug-likeness (QED) is 0.918. The summed E-state index contributed by atoms with van der Waals surface area (Å²) >= 11 is 1.71. The third-order valence-electron chi connectivity index (χ3n) is 2.99. The van der Waals surface area contributed by atoms with Gasteiger partial charge >= 0.3 is 0 Å². The van der Waals surface area contributed by atoms with Crippen molar-refractivity contribution in [3.63, 3.8) is 0 Å². The van der Waals surface area contributed by atoms with Gasteiger partial charge in [0.1, 0.15) is 5.69 Å². The van der Waals surface area contributed by atoms with Crippen molar-refractivity contribution in [1.82, 2.24) is 9.97 Å². The van der Waals surface area contributed by atoms with Crippen molar-refractivity contribution in [2.45, 2.75) is 20.4 Å². The highest BCUT2D eigenvalue weighted by Crippen LogP contribution is 2.33. The summed E-state index contributed by atoms with van der Waals surface area (Å²) < 4.78 is 5.35. The van der Waals surface area contributed by atoms with Crippen LogP contribution in [0.15, 0.2) is 12.3 Å². The molecule has 2 rings (SSSR count). The lowest BCUT2D eigenvalue weighted by atomic mass is 10.3. The second-order valence-electron chi connectivity index (χ2n) is 4.70. The number of hydrogen-bond donors (Lipinski definition) is 1. The molecule has 0 saturated heterocycles. The van der Waals surface area contributed by atoms with Gasteiger partial charge in [0.25, 0.3) is 0 Å². The van der Waals surface area contributed by atoms with E-state index in [0.717, 1.165) is 28.6 Å². The first-order valence-electron chi connectivity index (χ1n) is 6.40. The van der Waals surface area contributed by atoms with Gasteiger partial charge in [-0.25, -0.2) is 9.97 Å². The Hall–Kier alpha value is -1.82. The summed E-state index contributed by atoms with van der Waals surface area (Å²) in [5.74, 6) is 0.607. The molecule has 0 spiro atoms. The highest BCUT2D eigenvalue weighted by molar-refractivity contribution is 7.11. The Morgan fingerprint density at radius 1 is 1.35 bits per heavy atom. The van der Waals surface area contributed by atoms with Crippen LogP contribution in [0.2, 0.25) is 0 Å². The number of nitrogens with one attached hydrogen (secondary N) is 1. The summed E-state index contributed by atoms with van der Waals surface area (Å²) in [6.07, 6.45) is 1.75. The summed E-state index contributed by atoms with van der Waals surface area (Å²) in [5, 5.41) is 4.51. The first-order chi connectivity index (χ1) is 9.52. The SMILES string of the molecule is COc1nccc(N(C)C)c1NCc1sc(C)nc1C. The van der Waals surface area contributed by atoms with Gasteiger partial charge in [-0.1, -0.05) is 0 Å². The fourth-order valence-corrected chi connectivity index (χ4v) is 2.91. The maximum absolute atomic E-state index is 5.35. The summed E-state index contributed by atoms with van der Waals surface area (Å²) in [4.78, 5) is 12.0. The van der Waals surface area contributed by atoms with Crippen LogP contribution >= 0.6 is 11.3 Å². The number of ether oxygens (including phenoxy) is 1. The fraction of sp³-hybridized carbons (Fsp3) is 0.429. The van der Waals surface area contributed by atoms with Crippen molar-refractivity contribution >= 4 is 22.7 Å². The normalized spacial score (nSPS) is 10.4. The van der Waals surface area contributed by atoms with E-state index < -0.39 is 0 Å². The second-order valence-corrected chi connectivity index (χ2v) is 5.99. The number of pyridine rings is 1.